The zero-order chi connectivity index (χ0) is 13.1. The van der Waals surface area contributed by atoms with E-state index in [0.717, 1.165) is 23.0 Å². The average molecular weight is 314 g/mol. The molecule has 2 unspecified atom stereocenters. The molecule has 2 rings (SSSR count). The van der Waals surface area contributed by atoms with E-state index < -0.39 is 0 Å². The van der Waals surface area contributed by atoms with Crippen molar-refractivity contribution in [2.24, 2.45) is 5.92 Å². The van der Waals surface area contributed by atoms with Crippen molar-refractivity contribution in [3.8, 4) is 0 Å². The Morgan fingerprint density at radius 3 is 2.89 bits per heavy atom. The molecular formula is C15H21BrFN. The van der Waals surface area contributed by atoms with Crippen LogP contribution < -0.4 is 5.32 Å². The maximum absolute atomic E-state index is 14.0. The predicted molar refractivity (Wildman–Crippen MR) is 77.3 cm³/mol. The van der Waals surface area contributed by atoms with Gasteiger partial charge in [-0.05, 0) is 55.0 Å². The van der Waals surface area contributed by atoms with Crippen LogP contribution in [0.15, 0.2) is 22.7 Å². The Morgan fingerprint density at radius 1 is 1.39 bits per heavy atom. The Hall–Kier alpha value is -0.410. The molecule has 1 nitrogen and oxygen atoms in total. The molecule has 0 spiro atoms. The fourth-order valence-electron chi connectivity index (χ4n) is 2.88. The number of benzene rings is 1. The van der Waals surface area contributed by atoms with Crippen LogP contribution in [0.25, 0.3) is 0 Å². The Morgan fingerprint density at radius 2 is 2.17 bits per heavy atom. The van der Waals surface area contributed by atoms with Crippen molar-refractivity contribution >= 4 is 15.9 Å². The second kappa shape index (κ2) is 6.16. The van der Waals surface area contributed by atoms with Gasteiger partial charge in [0.25, 0.3) is 0 Å². The summed E-state index contributed by atoms with van der Waals surface area (Å²) in [7, 11) is 0. The summed E-state index contributed by atoms with van der Waals surface area (Å²) in [5, 5.41) is 3.49. The molecule has 0 radical (unpaired) electrons. The van der Waals surface area contributed by atoms with Gasteiger partial charge in [-0.1, -0.05) is 36.2 Å². The second-order valence-corrected chi connectivity index (χ2v) is 6.44. The summed E-state index contributed by atoms with van der Waals surface area (Å²) in [4.78, 5) is 0. The third-order valence-corrected chi connectivity index (χ3v) is 4.30. The van der Waals surface area contributed by atoms with E-state index >= 15 is 0 Å². The molecular weight excluding hydrogens is 293 g/mol. The summed E-state index contributed by atoms with van der Waals surface area (Å²) in [5.74, 6) is 0.879. The van der Waals surface area contributed by atoms with E-state index in [9.17, 15) is 4.39 Å². The molecule has 2 atom stereocenters. The number of halogens is 2. The standard InChI is InChI=1S/C15H21BrFN/c1-10(2)18-9-11-4-3-5-13(11)14-8-12(16)6-7-15(14)17/h6-8,10-11,13,18H,3-5,9H2,1-2H3. The highest BCUT2D eigenvalue weighted by Gasteiger charge is 2.30. The third-order valence-electron chi connectivity index (χ3n) is 3.80. The number of hydrogen-bond acceptors (Lipinski definition) is 1. The first-order valence-corrected chi connectivity index (χ1v) is 7.55. The first kappa shape index (κ1) is 14.0. The van der Waals surface area contributed by atoms with Crippen LogP contribution in [-0.2, 0) is 0 Å². The van der Waals surface area contributed by atoms with E-state index in [-0.39, 0.29) is 5.82 Å². The number of rotatable bonds is 4. The summed E-state index contributed by atoms with van der Waals surface area (Å²) in [6.45, 7) is 5.31. The van der Waals surface area contributed by atoms with E-state index in [1.54, 1.807) is 12.1 Å². The maximum Gasteiger partial charge on any atom is 0.126 e. The van der Waals surface area contributed by atoms with Crippen molar-refractivity contribution in [1.29, 1.82) is 0 Å². The lowest BCUT2D eigenvalue weighted by atomic mass is 9.88. The second-order valence-electron chi connectivity index (χ2n) is 5.53. The van der Waals surface area contributed by atoms with Gasteiger partial charge in [-0.15, -0.1) is 0 Å². The summed E-state index contributed by atoms with van der Waals surface area (Å²) in [5.41, 5.74) is 0.887. The first-order chi connectivity index (χ1) is 8.58. The van der Waals surface area contributed by atoms with Crippen molar-refractivity contribution in [3.63, 3.8) is 0 Å². The van der Waals surface area contributed by atoms with Crippen LogP contribution in [0.3, 0.4) is 0 Å². The quantitative estimate of drug-likeness (QED) is 0.864. The van der Waals surface area contributed by atoms with Crippen molar-refractivity contribution in [1.82, 2.24) is 5.32 Å². The van der Waals surface area contributed by atoms with Crippen LogP contribution in [0.2, 0.25) is 0 Å². The zero-order valence-electron chi connectivity index (χ0n) is 11.0. The summed E-state index contributed by atoms with van der Waals surface area (Å²) in [6.07, 6.45) is 3.52. The first-order valence-electron chi connectivity index (χ1n) is 6.76. The molecule has 1 aliphatic carbocycles. The van der Waals surface area contributed by atoms with Gasteiger partial charge < -0.3 is 5.32 Å². The van der Waals surface area contributed by atoms with Gasteiger partial charge in [-0.3, -0.25) is 0 Å². The molecule has 18 heavy (non-hydrogen) atoms. The normalized spacial score (nSPS) is 23.8. The minimum absolute atomic E-state index is 0.0559. The molecule has 0 aromatic heterocycles. The Labute approximate surface area is 117 Å². The Balaban J connectivity index is 2.13. The smallest absolute Gasteiger partial charge is 0.126 e. The highest BCUT2D eigenvalue weighted by Crippen LogP contribution is 2.41. The minimum Gasteiger partial charge on any atom is -0.314 e. The van der Waals surface area contributed by atoms with Crippen molar-refractivity contribution in [2.45, 2.75) is 45.1 Å². The molecule has 1 aliphatic rings. The van der Waals surface area contributed by atoms with Crippen LogP contribution in [0.4, 0.5) is 4.39 Å². The molecule has 0 amide bonds. The molecule has 3 heteroatoms. The van der Waals surface area contributed by atoms with E-state index in [1.165, 1.54) is 12.8 Å². The van der Waals surface area contributed by atoms with Gasteiger partial charge in [0.05, 0.1) is 0 Å². The van der Waals surface area contributed by atoms with Crippen molar-refractivity contribution < 1.29 is 4.39 Å². The lowest BCUT2D eigenvalue weighted by molar-refractivity contribution is 0.414. The SMILES string of the molecule is CC(C)NCC1CCCC1c1cc(Br)ccc1F. The van der Waals surface area contributed by atoms with Gasteiger partial charge in [0.2, 0.25) is 0 Å². The van der Waals surface area contributed by atoms with E-state index in [2.05, 4.69) is 35.1 Å². The number of nitrogens with one attached hydrogen (secondary N) is 1. The lowest BCUT2D eigenvalue weighted by Gasteiger charge is -2.22. The molecule has 0 aliphatic heterocycles. The molecule has 100 valence electrons. The van der Waals surface area contributed by atoms with Crippen LogP contribution in [0, 0.1) is 11.7 Å². The van der Waals surface area contributed by atoms with Crippen LogP contribution in [0.1, 0.15) is 44.6 Å². The summed E-state index contributed by atoms with van der Waals surface area (Å²) >= 11 is 3.44. The predicted octanol–water partition coefficient (Wildman–Crippen LogP) is 4.47. The van der Waals surface area contributed by atoms with Gasteiger partial charge >= 0.3 is 0 Å². The fraction of sp³-hybridized carbons (Fsp3) is 0.600. The van der Waals surface area contributed by atoms with Gasteiger partial charge in [0.15, 0.2) is 0 Å². The topological polar surface area (TPSA) is 12.0 Å². The van der Waals surface area contributed by atoms with E-state index in [1.807, 2.05) is 6.07 Å². The molecule has 0 heterocycles. The Bertz CT molecular complexity index is 405. The third kappa shape index (κ3) is 3.33. The lowest BCUT2D eigenvalue weighted by Crippen LogP contribution is -2.30. The van der Waals surface area contributed by atoms with Crippen molar-refractivity contribution in [2.75, 3.05) is 6.54 Å². The number of hydrogen-bond donors (Lipinski definition) is 1. The van der Waals surface area contributed by atoms with Gasteiger partial charge in [-0.2, -0.15) is 0 Å². The van der Waals surface area contributed by atoms with Crippen LogP contribution in [-0.4, -0.2) is 12.6 Å². The minimum atomic E-state index is -0.0559. The maximum atomic E-state index is 14.0. The van der Waals surface area contributed by atoms with Crippen molar-refractivity contribution in [3.05, 3.63) is 34.1 Å². The largest absolute Gasteiger partial charge is 0.314 e. The molecule has 0 bridgehead atoms. The van der Waals surface area contributed by atoms with Crippen LogP contribution >= 0.6 is 15.9 Å². The summed E-state index contributed by atoms with van der Waals surface area (Å²) in [6, 6.07) is 5.80. The molecule has 1 saturated carbocycles. The monoisotopic (exact) mass is 313 g/mol. The highest BCUT2D eigenvalue weighted by molar-refractivity contribution is 9.10. The molecule has 1 aromatic carbocycles. The Kier molecular flexibility index (Phi) is 4.79. The van der Waals surface area contributed by atoms with Crippen LogP contribution in [0.5, 0.6) is 0 Å². The van der Waals surface area contributed by atoms with Gasteiger partial charge in [0, 0.05) is 10.5 Å². The van der Waals surface area contributed by atoms with E-state index in [0.29, 0.717) is 17.9 Å². The molecule has 1 N–H and O–H groups in total. The highest BCUT2D eigenvalue weighted by atomic mass is 79.9. The molecule has 1 aromatic rings. The van der Waals surface area contributed by atoms with Gasteiger partial charge in [0.1, 0.15) is 5.82 Å². The zero-order valence-corrected chi connectivity index (χ0v) is 12.6. The average Bonchev–Trinajstić information content (AvgIpc) is 2.77. The fourth-order valence-corrected chi connectivity index (χ4v) is 3.26. The van der Waals surface area contributed by atoms with E-state index in [4.69, 9.17) is 0 Å². The molecule has 1 fully saturated rings. The molecule has 0 saturated heterocycles. The summed E-state index contributed by atoms with van der Waals surface area (Å²) < 4.78 is 14.9. The van der Waals surface area contributed by atoms with Gasteiger partial charge in [-0.25, -0.2) is 4.39 Å².